The van der Waals surface area contributed by atoms with Crippen LogP contribution in [0.25, 0.3) is 0 Å². The van der Waals surface area contributed by atoms with Crippen LogP contribution in [0.4, 0.5) is 8.78 Å². The third kappa shape index (κ3) is 4.56. The number of allylic oxidation sites excluding steroid dienone is 2. The number of rotatable bonds is 8. The van der Waals surface area contributed by atoms with E-state index in [1.54, 1.807) is 19.2 Å². The summed E-state index contributed by atoms with van der Waals surface area (Å²) < 4.78 is 56.3. The largest absolute Gasteiger partial charge is 0.489 e. The van der Waals surface area contributed by atoms with Crippen LogP contribution in [0, 0.1) is 11.8 Å². The average Bonchev–Trinajstić information content (AvgIpc) is 3.10. The SMILES string of the molecule is COCOC1=CCC([C@@H]2Oc3c(CO)cc(OCOC)cc3[C@@H]3CC(F)(F)C[C@@H]32)C=C1. The van der Waals surface area contributed by atoms with Crippen molar-refractivity contribution in [3.63, 3.8) is 0 Å². The first-order valence-corrected chi connectivity index (χ1v) is 10.4. The number of halogens is 2. The van der Waals surface area contributed by atoms with Gasteiger partial charge < -0.3 is 28.8 Å². The molecular weight excluding hydrogens is 410 g/mol. The van der Waals surface area contributed by atoms with Gasteiger partial charge in [-0.25, -0.2) is 8.78 Å². The quantitative estimate of drug-likeness (QED) is 0.616. The highest BCUT2D eigenvalue weighted by atomic mass is 19.3. The zero-order chi connectivity index (χ0) is 22.0. The molecule has 1 N–H and O–H groups in total. The van der Waals surface area contributed by atoms with Crippen LogP contribution in [0.5, 0.6) is 11.5 Å². The van der Waals surface area contributed by atoms with Crippen LogP contribution in [0.1, 0.15) is 36.3 Å². The van der Waals surface area contributed by atoms with Gasteiger partial charge in [0.1, 0.15) is 23.4 Å². The predicted molar refractivity (Wildman–Crippen MR) is 108 cm³/mol. The van der Waals surface area contributed by atoms with Crippen molar-refractivity contribution in [2.75, 3.05) is 27.8 Å². The van der Waals surface area contributed by atoms with Crippen LogP contribution in [0.2, 0.25) is 0 Å². The van der Waals surface area contributed by atoms with E-state index in [0.29, 0.717) is 34.8 Å². The molecule has 8 heteroatoms. The van der Waals surface area contributed by atoms with Gasteiger partial charge in [0.2, 0.25) is 5.92 Å². The summed E-state index contributed by atoms with van der Waals surface area (Å²) in [6, 6.07) is 3.42. The maximum Gasteiger partial charge on any atom is 0.249 e. The number of aliphatic hydroxyl groups excluding tert-OH is 1. The second-order valence-corrected chi connectivity index (χ2v) is 8.24. The van der Waals surface area contributed by atoms with Crippen molar-refractivity contribution in [3.8, 4) is 11.5 Å². The summed E-state index contributed by atoms with van der Waals surface area (Å²) in [6.45, 7) is -0.0924. The van der Waals surface area contributed by atoms with Crippen molar-refractivity contribution in [1.82, 2.24) is 0 Å². The van der Waals surface area contributed by atoms with Crippen molar-refractivity contribution in [2.24, 2.45) is 11.8 Å². The molecule has 1 heterocycles. The highest BCUT2D eigenvalue weighted by Gasteiger charge is 2.54. The van der Waals surface area contributed by atoms with Gasteiger partial charge in [-0.2, -0.15) is 0 Å². The molecule has 4 rings (SSSR count). The number of aliphatic hydroxyl groups is 1. The Kier molecular flexibility index (Phi) is 6.50. The van der Waals surface area contributed by atoms with Gasteiger partial charge in [0.05, 0.1) is 6.61 Å². The Morgan fingerprint density at radius 1 is 1.13 bits per heavy atom. The first-order valence-electron chi connectivity index (χ1n) is 10.4. The van der Waals surface area contributed by atoms with Gasteiger partial charge in [0, 0.05) is 50.0 Å². The average molecular weight is 438 g/mol. The smallest absolute Gasteiger partial charge is 0.249 e. The zero-order valence-electron chi connectivity index (χ0n) is 17.7. The highest BCUT2D eigenvalue weighted by molar-refractivity contribution is 5.51. The Balaban J connectivity index is 1.64. The second-order valence-electron chi connectivity index (χ2n) is 8.24. The van der Waals surface area contributed by atoms with Crippen molar-refractivity contribution in [3.05, 3.63) is 47.2 Å². The Morgan fingerprint density at radius 2 is 1.90 bits per heavy atom. The van der Waals surface area contributed by atoms with Gasteiger partial charge in [-0.1, -0.05) is 6.08 Å². The number of alkyl halides is 2. The molecule has 0 bridgehead atoms. The highest BCUT2D eigenvalue weighted by Crippen LogP contribution is 2.57. The minimum Gasteiger partial charge on any atom is -0.489 e. The fraction of sp³-hybridized carbons (Fsp3) is 0.565. The molecule has 3 aliphatic rings. The third-order valence-electron chi connectivity index (χ3n) is 6.19. The van der Waals surface area contributed by atoms with E-state index in [0.717, 1.165) is 0 Å². The summed E-state index contributed by atoms with van der Waals surface area (Å²) in [4.78, 5) is 0. The van der Waals surface area contributed by atoms with Crippen LogP contribution in [0.3, 0.4) is 0 Å². The molecule has 0 saturated heterocycles. The number of benzene rings is 1. The summed E-state index contributed by atoms with van der Waals surface area (Å²) >= 11 is 0. The monoisotopic (exact) mass is 438 g/mol. The van der Waals surface area contributed by atoms with Crippen molar-refractivity contribution < 1.29 is 37.6 Å². The third-order valence-corrected chi connectivity index (χ3v) is 6.19. The van der Waals surface area contributed by atoms with E-state index >= 15 is 0 Å². The van der Waals surface area contributed by atoms with E-state index in [9.17, 15) is 13.9 Å². The van der Waals surface area contributed by atoms with E-state index in [1.165, 1.54) is 7.11 Å². The molecule has 0 amide bonds. The van der Waals surface area contributed by atoms with E-state index in [4.69, 9.17) is 23.7 Å². The molecule has 1 aliphatic heterocycles. The minimum atomic E-state index is -2.76. The normalized spacial score (nSPS) is 28.4. The first kappa shape index (κ1) is 22.0. The van der Waals surface area contributed by atoms with Crippen molar-refractivity contribution >= 4 is 0 Å². The molecule has 6 nitrogen and oxygen atoms in total. The van der Waals surface area contributed by atoms with Gasteiger partial charge >= 0.3 is 0 Å². The number of fused-ring (bicyclic) bond motifs is 3. The Labute approximate surface area is 180 Å². The topological polar surface area (TPSA) is 66.4 Å². The van der Waals surface area contributed by atoms with Gasteiger partial charge in [-0.05, 0) is 36.6 Å². The first-order chi connectivity index (χ1) is 15.0. The van der Waals surface area contributed by atoms with Gasteiger partial charge in [0.25, 0.3) is 0 Å². The standard InChI is InChI=1S/C23H28F2O6/c1-27-12-29-16-5-3-14(4-6-16)21-20-10-23(24,25)9-19(20)18-8-17(30-13-28-2)7-15(11-26)22(18)31-21/h3,5-8,14,19-21,26H,4,9-13H2,1-2H3/t14?,19-,20-,21-/m0/s1. The number of hydrogen-bond acceptors (Lipinski definition) is 6. The lowest BCUT2D eigenvalue weighted by Crippen LogP contribution is -2.39. The molecule has 0 spiro atoms. The zero-order valence-corrected chi connectivity index (χ0v) is 17.7. The number of ether oxygens (including phenoxy) is 5. The van der Waals surface area contributed by atoms with Crippen molar-refractivity contribution in [2.45, 2.75) is 43.8 Å². The Hall–Kier alpha value is -2.16. The summed E-state index contributed by atoms with van der Waals surface area (Å²) in [6.07, 6.45) is 5.47. The molecule has 1 unspecified atom stereocenters. The van der Waals surface area contributed by atoms with Crippen LogP contribution in [-0.4, -0.2) is 44.9 Å². The lowest BCUT2D eigenvalue weighted by Gasteiger charge is -2.40. The fourth-order valence-electron chi connectivity index (χ4n) is 4.88. The van der Waals surface area contributed by atoms with Crippen LogP contribution in [0.15, 0.2) is 36.1 Å². The van der Waals surface area contributed by atoms with E-state index in [-0.39, 0.29) is 50.8 Å². The molecule has 31 heavy (non-hydrogen) atoms. The Morgan fingerprint density at radius 3 is 2.58 bits per heavy atom. The van der Waals surface area contributed by atoms with Gasteiger partial charge in [-0.3, -0.25) is 0 Å². The minimum absolute atomic E-state index is 0.0318. The lowest BCUT2D eigenvalue weighted by molar-refractivity contribution is -0.00683. The molecule has 170 valence electrons. The maximum atomic E-state index is 14.5. The summed E-state index contributed by atoms with van der Waals surface area (Å²) in [7, 11) is 3.05. The molecule has 2 aliphatic carbocycles. The van der Waals surface area contributed by atoms with Crippen molar-refractivity contribution in [1.29, 1.82) is 0 Å². The fourth-order valence-corrected chi connectivity index (χ4v) is 4.88. The van der Waals surface area contributed by atoms with Gasteiger partial charge in [-0.15, -0.1) is 0 Å². The number of methoxy groups -OCH3 is 2. The molecule has 0 aromatic heterocycles. The molecular formula is C23H28F2O6. The predicted octanol–water partition coefficient (Wildman–Crippen LogP) is 4.13. The molecule has 4 atom stereocenters. The van der Waals surface area contributed by atoms with Crippen LogP contribution >= 0.6 is 0 Å². The maximum absolute atomic E-state index is 14.5. The van der Waals surface area contributed by atoms with E-state index < -0.39 is 12.0 Å². The van der Waals surface area contributed by atoms with Crippen LogP contribution in [-0.2, 0) is 20.8 Å². The molecule has 1 fully saturated rings. The summed E-state index contributed by atoms with van der Waals surface area (Å²) in [5, 5.41) is 9.93. The van der Waals surface area contributed by atoms with Crippen LogP contribution < -0.4 is 9.47 Å². The number of hydrogen-bond donors (Lipinski definition) is 1. The second kappa shape index (κ2) is 9.14. The Bertz CT molecular complexity index is 853. The summed E-state index contributed by atoms with van der Waals surface area (Å²) in [5.74, 6) is -1.88. The molecule has 1 saturated carbocycles. The van der Waals surface area contributed by atoms with E-state index in [1.807, 2.05) is 18.2 Å². The summed E-state index contributed by atoms with van der Waals surface area (Å²) in [5.41, 5.74) is 1.21. The van der Waals surface area contributed by atoms with Gasteiger partial charge in [0.15, 0.2) is 13.6 Å². The molecule has 1 aromatic carbocycles. The molecule has 0 radical (unpaired) electrons. The van der Waals surface area contributed by atoms with E-state index in [2.05, 4.69) is 0 Å². The molecule has 1 aromatic rings. The lowest BCUT2D eigenvalue weighted by atomic mass is 9.76.